The molecule has 370 valence electrons. The molecule has 0 aliphatic heterocycles. The van der Waals surface area contributed by atoms with E-state index in [1.54, 1.807) is 0 Å². The Bertz CT molecular complexity index is 1460. The number of rotatable bonds is 45. The minimum Gasteiger partial charge on any atom is -0.462 e. The quantitative estimate of drug-likeness (QED) is 0.0199. The van der Waals surface area contributed by atoms with Crippen LogP contribution in [0.3, 0.4) is 0 Å². The zero-order chi connectivity index (χ0) is 47.9. The molecule has 0 saturated carbocycles. The maximum atomic E-state index is 12.8. The Morgan fingerprint density at radius 1 is 0.333 bits per heavy atom. The number of unbranched alkanes of at least 4 members (excludes halogenated alkanes) is 16. The van der Waals surface area contributed by atoms with Gasteiger partial charge < -0.3 is 14.2 Å². The smallest absolute Gasteiger partial charge is 0.306 e. The van der Waals surface area contributed by atoms with Gasteiger partial charge in [0, 0.05) is 19.3 Å². The van der Waals surface area contributed by atoms with Gasteiger partial charge in [-0.3, -0.25) is 14.4 Å². The molecule has 1 unspecified atom stereocenters. The molecule has 0 heterocycles. The number of hydrogen-bond acceptors (Lipinski definition) is 6. The van der Waals surface area contributed by atoms with E-state index in [4.69, 9.17) is 14.2 Å². The van der Waals surface area contributed by atoms with Crippen molar-refractivity contribution in [1.82, 2.24) is 0 Å². The molecule has 0 bridgehead atoms. The minimum absolute atomic E-state index is 0.122. The van der Waals surface area contributed by atoms with Gasteiger partial charge in [-0.05, 0) is 77.0 Å². The van der Waals surface area contributed by atoms with E-state index in [1.807, 2.05) is 60.8 Å². The third kappa shape index (κ3) is 50.5. The topological polar surface area (TPSA) is 78.9 Å². The SMILES string of the molecule is CC\C=C/C=C\C=C/C=C\C=C/CCCCCC(=O)OC(COC(=O)CC/C=C\C/C=C\C/C=C\C/C=C\C/C=C\C/C=C\CC)COC(=O)CCCCCCCCCCCCCCCC. The molecular weight excluding hydrogens is 817 g/mol. The number of carbonyl (C=O) groups is 3. The zero-order valence-electron chi connectivity index (χ0n) is 42.1. The first-order valence-corrected chi connectivity index (χ1v) is 26.3. The maximum Gasteiger partial charge on any atom is 0.306 e. The average molecular weight is 911 g/mol. The summed E-state index contributed by atoms with van der Waals surface area (Å²) in [6.07, 6.45) is 74.4. The predicted octanol–water partition coefficient (Wildman–Crippen LogP) is 17.5. The van der Waals surface area contributed by atoms with Crippen molar-refractivity contribution in [3.8, 4) is 0 Å². The van der Waals surface area contributed by atoms with Gasteiger partial charge in [-0.25, -0.2) is 0 Å². The Hall–Kier alpha value is -4.45. The maximum absolute atomic E-state index is 12.8. The molecule has 6 heteroatoms. The zero-order valence-corrected chi connectivity index (χ0v) is 42.1. The first-order valence-electron chi connectivity index (χ1n) is 26.3. The van der Waals surface area contributed by atoms with Crippen LogP contribution >= 0.6 is 0 Å². The van der Waals surface area contributed by atoms with E-state index in [2.05, 4.69) is 93.7 Å². The van der Waals surface area contributed by atoms with E-state index in [0.717, 1.165) is 83.5 Å². The number of hydrogen-bond donors (Lipinski definition) is 0. The third-order valence-corrected chi connectivity index (χ3v) is 10.5. The molecule has 0 aromatic heterocycles. The van der Waals surface area contributed by atoms with Crippen molar-refractivity contribution >= 4 is 17.9 Å². The Labute approximate surface area is 405 Å². The molecule has 66 heavy (non-hydrogen) atoms. The van der Waals surface area contributed by atoms with Gasteiger partial charge in [0.25, 0.3) is 0 Å². The molecule has 0 radical (unpaired) electrons. The monoisotopic (exact) mass is 911 g/mol. The molecule has 0 aliphatic rings. The largest absolute Gasteiger partial charge is 0.462 e. The van der Waals surface area contributed by atoms with Crippen LogP contribution in [0.2, 0.25) is 0 Å². The number of allylic oxidation sites excluding steroid dienone is 22. The highest BCUT2D eigenvalue weighted by Crippen LogP contribution is 2.14. The van der Waals surface area contributed by atoms with Crippen molar-refractivity contribution < 1.29 is 28.6 Å². The summed E-state index contributed by atoms with van der Waals surface area (Å²) in [7, 11) is 0. The van der Waals surface area contributed by atoms with Crippen LogP contribution in [-0.2, 0) is 28.6 Å². The van der Waals surface area contributed by atoms with E-state index in [1.165, 1.54) is 70.6 Å². The molecule has 0 fully saturated rings. The van der Waals surface area contributed by atoms with E-state index < -0.39 is 6.10 Å². The van der Waals surface area contributed by atoms with Crippen LogP contribution in [0.5, 0.6) is 0 Å². The molecule has 0 aliphatic carbocycles. The Kier molecular flexibility index (Phi) is 49.6. The van der Waals surface area contributed by atoms with Crippen LogP contribution in [0.1, 0.15) is 207 Å². The lowest BCUT2D eigenvalue weighted by Crippen LogP contribution is -2.30. The minimum atomic E-state index is -0.834. The van der Waals surface area contributed by atoms with Gasteiger partial charge >= 0.3 is 17.9 Å². The summed E-state index contributed by atoms with van der Waals surface area (Å²) in [6.45, 7) is 6.26. The van der Waals surface area contributed by atoms with Crippen molar-refractivity contribution in [1.29, 1.82) is 0 Å². The number of carbonyl (C=O) groups excluding carboxylic acids is 3. The average Bonchev–Trinajstić information content (AvgIpc) is 3.31. The second-order valence-electron chi connectivity index (χ2n) is 16.8. The molecule has 0 aromatic rings. The molecule has 0 spiro atoms. The fraction of sp³-hybridized carbons (Fsp3) is 0.583. The van der Waals surface area contributed by atoms with Gasteiger partial charge in [0.15, 0.2) is 6.10 Å². The summed E-state index contributed by atoms with van der Waals surface area (Å²) in [4.78, 5) is 38.0. The lowest BCUT2D eigenvalue weighted by atomic mass is 10.0. The van der Waals surface area contributed by atoms with Crippen LogP contribution in [0, 0.1) is 0 Å². The summed E-state index contributed by atoms with van der Waals surface area (Å²) in [5.74, 6) is -1.06. The van der Waals surface area contributed by atoms with Crippen molar-refractivity contribution in [2.45, 2.75) is 213 Å². The van der Waals surface area contributed by atoms with E-state index >= 15 is 0 Å². The Morgan fingerprint density at radius 2 is 0.697 bits per heavy atom. The van der Waals surface area contributed by atoms with Gasteiger partial charge in [0.2, 0.25) is 0 Å². The van der Waals surface area contributed by atoms with Crippen molar-refractivity contribution in [3.63, 3.8) is 0 Å². The van der Waals surface area contributed by atoms with Crippen LogP contribution in [0.15, 0.2) is 134 Å². The fourth-order valence-corrected chi connectivity index (χ4v) is 6.66. The third-order valence-electron chi connectivity index (χ3n) is 10.5. The molecule has 0 amide bonds. The predicted molar refractivity (Wildman–Crippen MR) is 283 cm³/mol. The van der Waals surface area contributed by atoms with Crippen LogP contribution in [0.25, 0.3) is 0 Å². The molecule has 0 N–H and O–H groups in total. The first-order chi connectivity index (χ1) is 32.5. The molecular formula is C60H94O6. The summed E-state index contributed by atoms with van der Waals surface area (Å²) in [5, 5.41) is 0. The fourth-order valence-electron chi connectivity index (χ4n) is 6.66. The normalized spacial score (nSPS) is 13.2. The number of ether oxygens (including phenoxy) is 3. The van der Waals surface area contributed by atoms with E-state index in [-0.39, 0.29) is 44.0 Å². The van der Waals surface area contributed by atoms with Crippen LogP contribution < -0.4 is 0 Å². The first kappa shape index (κ1) is 61.5. The molecule has 0 rings (SSSR count). The second kappa shape index (κ2) is 53.2. The highest BCUT2D eigenvalue weighted by molar-refractivity contribution is 5.71. The van der Waals surface area contributed by atoms with Gasteiger partial charge in [-0.1, -0.05) is 244 Å². The van der Waals surface area contributed by atoms with Gasteiger partial charge in [0.1, 0.15) is 13.2 Å². The van der Waals surface area contributed by atoms with Crippen molar-refractivity contribution in [3.05, 3.63) is 134 Å². The van der Waals surface area contributed by atoms with Crippen LogP contribution in [-0.4, -0.2) is 37.2 Å². The van der Waals surface area contributed by atoms with E-state index in [0.29, 0.717) is 19.3 Å². The molecule has 6 nitrogen and oxygen atoms in total. The summed E-state index contributed by atoms with van der Waals surface area (Å²) < 4.78 is 16.7. The molecule has 1 atom stereocenters. The van der Waals surface area contributed by atoms with Crippen molar-refractivity contribution in [2.75, 3.05) is 13.2 Å². The summed E-state index contributed by atoms with van der Waals surface area (Å²) >= 11 is 0. The Morgan fingerprint density at radius 3 is 1.17 bits per heavy atom. The lowest BCUT2D eigenvalue weighted by Gasteiger charge is -2.18. The van der Waals surface area contributed by atoms with E-state index in [9.17, 15) is 14.4 Å². The lowest BCUT2D eigenvalue weighted by molar-refractivity contribution is -0.166. The van der Waals surface area contributed by atoms with Gasteiger partial charge in [-0.2, -0.15) is 0 Å². The summed E-state index contributed by atoms with van der Waals surface area (Å²) in [6, 6.07) is 0. The van der Waals surface area contributed by atoms with Crippen LogP contribution in [0.4, 0.5) is 0 Å². The second-order valence-corrected chi connectivity index (χ2v) is 16.8. The summed E-state index contributed by atoms with van der Waals surface area (Å²) in [5.41, 5.74) is 0. The highest BCUT2D eigenvalue weighted by atomic mass is 16.6. The molecule has 0 aromatic carbocycles. The van der Waals surface area contributed by atoms with Gasteiger partial charge in [0.05, 0.1) is 0 Å². The standard InChI is InChI=1S/C60H94O6/c1-4-7-10-13-16-19-22-25-28-29-30-31-33-35-38-41-44-47-50-53-59(62)65-56-57(55-64-58(61)52-49-46-43-40-37-34-27-24-21-18-15-12-9-6-3)66-60(63)54-51-48-45-42-39-36-32-26-23-20-17-14-11-8-5-2/h7-8,10-11,14,16-17,19-20,23,25-26,28,30-32,35-36,38-39,44,47,57H,4-6,9,12-13,15,18,21-22,24,27,29,33-34,37,40-43,45-46,48-56H2,1-3H3/b10-7-,11-8-,17-14-,19-16-,23-20-,28-25-,31-30-,32-26-,38-35-,39-36-,47-44-. The van der Waals surface area contributed by atoms with Crippen molar-refractivity contribution in [2.24, 2.45) is 0 Å². The molecule has 0 saturated heterocycles. The highest BCUT2D eigenvalue weighted by Gasteiger charge is 2.19. The Balaban J connectivity index is 4.59. The van der Waals surface area contributed by atoms with Gasteiger partial charge in [-0.15, -0.1) is 0 Å². The number of esters is 3.